The molecule has 1 fully saturated rings. The third kappa shape index (κ3) is 4.57. The molecule has 0 spiro atoms. The van der Waals surface area contributed by atoms with Crippen molar-refractivity contribution in [2.45, 2.75) is 51.0 Å². The highest BCUT2D eigenvalue weighted by Gasteiger charge is 2.30. The number of hydrogen-bond donors (Lipinski definition) is 2. The lowest BCUT2D eigenvalue weighted by atomic mass is 10.2. The van der Waals surface area contributed by atoms with E-state index < -0.39 is 24.5 Å². The predicted molar refractivity (Wildman–Crippen MR) is 76.5 cm³/mol. The fraction of sp³-hybridized carbons (Fsp3) is 0.600. The Morgan fingerprint density at radius 1 is 1.50 bits per heavy atom. The molecule has 0 aromatic rings. The first kappa shape index (κ1) is 16.5. The van der Waals surface area contributed by atoms with Crippen LogP contribution in [-0.4, -0.2) is 52.1 Å². The van der Waals surface area contributed by atoms with Crippen LogP contribution in [0, 0.1) is 0 Å². The van der Waals surface area contributed by atoms with Gasteiger partial charge in [0.2, 0.25) is 0 Å². The van der Waals surface area contributed by atoms with E-state index >= 15 is 0 Å². The van der Waals surface area contributed by atoms with Crippen molar-refractivity contribution in [1.82, 2.24) is 4.90 Å². The summed E-state index contributed by atoms with van der Waals surface area (Å²) in [5.74, 6) is -2.18. The maximum Gasteiger partial charge on any atom is 0.333 e. The summed E-state index contributed by atoms with van der Waals surface area (Å²) in [6, 6.07) is 0. The van der Waals surface area contributed by atoms with Gasteiger partial charge in [-0.25, -0.2) is 4.79 Å². The predicted octanol–water partition coefficient (Wildman–Crippen LogP) is 0.993. The topological polar surface area (TPSA) is 96.3 Å². The lowest BCUT2D eigenvalue weighted by Crippen LogP contribution is -2.30. The number of carboxylic acid groups (broad SMARTS) is 1. The molecule has 0 bridgehead atoms. The number of ether oxygens (including phenoxy) is 2. The van der Waals surface area contributed by atoms with Crippen LogP contribution < -0.4 is 0 Å². The molecule has 3 atom stereocenters. The minimum absolute atomic E-state index is 0.0696. The second kappa shape index (κ2) is 7.42. The third-order valence-electron chi connectivity index (χ3n) is 3.58. The zero-order chi connectivity index (χ0) is 16.1. The van der Waals surface area contributed by atoms with Gasteiger partial charge in [-0.15, -0.1) is 0 Å². The summed E-state index contributed by atoms with van der Waals surface area (Å²) >= 11 is 0. The van der Waals surface area contributed by atoms with Crippen LogP contribution in [0.3, 0.4) is 0 Å². The normalized spacial score (nSPS) is 25.7. The fourth-order valence-electron chi connectivity index (χ4n) is 2.41. The van der Waals surface area contributed by atoms with Gasteiger partial charge >= 0.3 is 11.9 Å². The number of carboxylic acids is 1. The van der Waals surface area contributed by atoms with Crippen LogP contribution in [0.2, 0.25) is 0 Å². The molecule has 3 unspecified atom stereocenters. The molecule has 0 amide bonds. The molecule has 0 aliphatic carbocycles. The second-order valence-corrected chi connectivity index (χ2v) is 5.54. The number of allylic oxidation sites excluding steroid dienone is 2. The minimum Gasteiger partial charge on any atom is -0.479 e. The Bertz CT molecular complexity index is 486. The van der Waals surface area contributed by atoms with E-state index in [1.807, 2.05) is 17.3 Å². The molecule has 2 aliphatic rings. The van der Waals surface area contributed by atoms with Crippen LogP contribution in [-0.2, 0) is 19.1 Å². The zero-order valence-corrected chi connectivity index (χ0v) is 12.5. The van der Waals surface area contributed by atoms with E-state index in [2.05, 4.69) is 13.0 Å². The van der Waals surface area contributed by atoms with Crippen LogP contribution in [0.15, 0.2) is 24.0 Å². The molecule has 0 aromatic heterocycles. The molecule has 1 saturated heterocycles. The van der Waals surface area contributed by atoms with E-state index in [0.29, 0.717) is 0 Å². The summed E-state index contributed by atoms with van der Waals surface area (Å²) in [7, 11) is 0. The van der Waals surface area contributed by atoms with E-state index in [-0.39, 0.29) is 18.9 Å². The number of nitrogens with zero attached hydrogens (tertiary/aromatic N) is 1. The molecule has 2 N–H and O–H groups in total. The summed E-state index contributed by atoms with van der Waals surface area (Å²) in [6.45, 7) is 2.13. The number of esters is 1. The SMILES string of the molecule is CC1=CN(C2CCC(COC(=O)CC(O)C(=O)O)O2)C=CC1. The van der Waals surface area contributed by atoms with Crippen molar-refractivity contribution < 1.29 is 29.3 Å². The highest BCUT2D eigenvalue weighted by atomic mass is 16.6. The van der Waals surface area contributed by atoms with Gasteiger partial charge in [-0.05, 0) is 26.2 Å². The Morgan fingerprint density at radius 2 is 2.27 bits per heavy atom. The first-order chi connectivity index (χ1) is 10.5. The zero-order valence-electron chi connectivity index (χ0n) is 12.5. The van der Waals surface area contributed by atoms with Crippen molar-refractivity contribution in [3.63, 3.8) is 0 Å². The van der Waals surface area contributed by atoms with E-state index in [0.717, 1.165) is 19.3 Å². The van der Waals surface area contributed by atoms with Gasteiger partial charge in [0.05, 0.1) is 12.5 Å². The van der Waals surface area contributed by atoms with Crippen LogP contribution in [0.1, 0.15) is 32.6 Å². The maximum absolute atomic E-state index is 11.4. The second-order valence-electron chi connectivity index (χ2n) is 5.54. The maximum atomic E-state index is 11.4. The lowest BCUT2D eigenvalue weighted by Gasteiger charge is -2.27. The monoisotopic (exact) mass is 311 g/mol. The van der Waals surface area contributed by atoms with E-state index in [1.165, 1.54) is 5.57 Å². The summed E-state index contributed by atoms with van der Waals surface area (Å²) < 4.78 is 10.8. The average Bonchev–Trinajstić information content (AvgIpc) is 2.94. The quantitative estimate of drug-likeness (QED) is 0.706. The number of carbonyl (C=O) groups excluding carboxylic acids is 1. The molecule has 0 radical (unpaired) electrons. The molecule has 22 heavy (non-hydrogen) atoms. The first-order valence-corrected chi connectivity index (χ1v) is 7.29. The molecule has 2 heterocycles. The van der Waals surface area contributed by atoms with Crippen molar-refractivity contribution in [3.8, 4) is 0 Å². The number of carbonyl (C=O) groups is 2. The number of aliphatic hydroxyl groups is 1. The molecular formula is C15H21NO6. The molecule has 122 valence electrons. The Kier molecular flexibility index (Phi) is 5.57. The van der Waals surface area contributed by atoms with Crippen molar-refractivity contribution in [1.29, 1.82) is 0 Å². The van der Waals surface area contributed by atoms with Gasteiger partial charge in [-0.1, -0.05) is 11.6 Å². The van der Waals surface area contributed by atoms with Gasteiger partial charge < -0.3 is 24.6 Å². The van der Waals surface area contributed by atoms with Crippen LogP contribution >= 0.6 is 0 Å². The van der Waals surface area contributed by atoms with Crippen molar-refractivity contribution in [2.24, 2.45) is 0 Å². The Morgan fingerprint density at radius 3 is 2.95 bits per heavy atom. The molecule has 2 aliphatic heterocycles. The molecule has 7 nitrogen and oxygen atoms in total. The highest BCUT2D eigenvalue weighted by Crippen LogP contribution is 2.26. The van der Waals surface area contributed by atoms with Crippen LogP contribution in [0.25, 0.3) is 0 Å². The average molecular weight is 311 g/mol. The van der Waals surface area contributed by atoms with Crippen molar-refractivity contribution >= 4 is 11.9 Å². The number of rotatable bonds is 6. The number of hydrogen-bond acceptors (Lipinski definition) is 6. The van der Waals surface area contributed by atoms with E-state index in [9.17, 15) is 9.59 Å². The van der Waals surface area contributed by atoms with Gasteiger partial charge in [0, 0.05) is 12.4 Å². The largest absolute Gasteiger partial charge is 0.479 e. The standard InChI is InChI=1S/C15H21NO6/c1-10-3-2-6-16(8-10)13-5-4-11(22-13)9-21-14(18)7-12(17)15(19)20/h2,6,8,11-13,17H,3-5,7,9H2,1H3,(H,19,20). The smallest absolute Gasteiger partial charge is 0.333 e. The van der Waals surface area contributed by atoms with Gasteiger partial charge in [-0.2, -0.15) is 0 Å². The Hall–Kier alpha value is -1.86. The highest BCUT2D eigenvalue weighted by molar-refractivity contribution is 5.80. The molecular weight excluding hydrogens is 290 g/mol. The number of aliphatic hydroxyl groups excluding tert-OH is 1. The first-order valence-electron chi connectivity index (χ1n) is 7.29. The molecule has 0 aromatic carbocycles. The lowest BCUT2D eigenvalue weighted by molar-refractivity contribution is -0.158. The van der Waals surface area contributed by atoms with Gasteiger partial charge in [0.15, 0.2) is 6.10 Å². The molecule has 0 saturated carbocycles. The van der Waals surface area contributed by atoms with Crippen LogP contribution in [0.4, 0.5) is 0 Å². The van der Waals surface area contributed by atoms with Gasteiger partial charge in [-0.3, -0.25) is 4.79 Å². The summed E-state index contributed by atoms with van der Waals surface area (Å²) in [4.78, 5) is 23.9. The molecule has 7 heteroatoms. The van der Waals surface area contributed by atoms with Crippen molar-refractivity contribution in [3.05, 3.63) is 24.0 Å². The number of aliphatic carboxylic acids is 1. The van der Waals surface area contributed by atoms with Crippen LogP contribution in [0.5, 0.6) is 0 Å². The van der Waals surface area contributed by atoms with Gasteiger partial charge in [0.25, 0.3) is 0 Å². The Labute approximate surface area is 128 Å². The fourth-order valence-corrected chi connectivity index (χ4v) is 2.41. The van der Waals surface area contributed by atoms with E-state index in [1.54, 1.807) is 0 Å². The Balaban J connectivity index is 1.72. The van der Waals surface area contributed by atoms with E-state index in [4.69, 9.17) is 19.7 Å². The minimum atomic E-state index is -1.73. The summed E-state index contributed by atoms with van der Waals surface area (Å²) in [6.07, 6.45) is 6.07. The van der Waals surface area contributed by atoms with Gasteiger partial charge in [0.1, 0.15) is 12.8 Å². The summed E-state index contributed by atoms with van der Waals surface area (Å²) in [5, 5.41) is 17.6. The third-order valence-corrected chi connectivity index (χ3v) is 3.58. The van der Waals surface area contributed by atoms with Crippen molar-refractivity contribution in [2.75, 3.05) is 6.61 Å². The summed E-state index contributed by atoms with van der Waals surface area (Å²) in [5.41, 5.74) is 1.25. The molecule has 2 rings (SSSR count).